The van der Waals surface area contributed by atoms with Crippen molar-refractivity contribution < 1.29 is 28.5 Å². The van der Waals surface area contributed by atoms with Gasteiger partial charge in [0.1, 0.15) is 17.2 Å². The molecule has 1 aromatic carbocycles. The predicted octanol–water partition coefficient (Wildman–Crippen LogP) is 1.27. The molecular formula is C11H12F2O4. The molecule has 2 N–H and O–H groups in total. The van der Waals surface area contributed by atoms with E-state index >= 15 is 0 Å². The third-order valence-electron chi connectivity index (χ3n) is 2.17. The summed E-state index contributed by atoms with van der Waals surface area (Å²) in [5, 5.41) is 16.3. The Morgan fingerprint density at radius 1 is 1.53 bits per heavy atom. The number of carbonyl (C=O) groups is 1. The van der Waals surface area contributed by atoms with E-state index in [-0.39, 0.29) is 18.8 Å². The topological polar surface area (TPSA) is 70.1 Å². The van der Waals surface area contributed by atoms with Crippen LogP contribution in [0.3, 0.4) is 0 Å². The van der Waals surface area contributed by atoms with Crippen molar-refractivity contribution in [3.8, 4) is 0 Å². The standard InChI is InChI=1S/C9H8F2O2.C2H4O2/c10-6-1-2-7(8(11)3-6)9(4-12)5-13-9;1-2(3)4/h1-3,12H,4-5H2;1H3,(H,3,4). The number of rotatable bonds is 2. The van der Waals surface area contributed by atoms with E-state index in [2.05, 4.69) is 0 Å². The zero-order chi connectivity index (χ0) is 13.1. The molecule has 0 aromatic heterocycles. The molecule has 0 bridgehead atoms. The molecule has 1 heterocycles. The van der Waals surface area contributed by atoms with Crippen LogP contribution in [0.1, 0.15) is 12.5 Å². The van der Waals surface area contributed by atoms with E-state index in [9.17, 15) is 8.78 Å². The van der Waals surface area contributed by atoms with Gasteiger partial charge in [0.15, 0.2) is 0 Å². The number of ether oxygens (including phenoxy) is 1. The van der Waals surface area contributed by atoms with Crippen molar-refractivity contribution >= 4 is 5.97 Å². The second-order valence-electron chi connectivity index (χ2n) is 3.58. The molecule has 17 heavy (non-hydrogen) atoms. The van der Waals surface area contributed by atoms with Crippen molar-refractivity contribution in [1.82, 2.24) is 0 Å². The van der Waals surface area contributed by atoms with E-state index < -0.39 is 23.2 Å². The number of halogens is 2. The second-order valence-corrected chi connectivity index (χ2v) is 3.58. The molecule has 0 saturated carbocycles. The predicted molar refractivity (Wildman–Crippen MR) is 54.4 cm³/mol. The molecule has 6 heteroatoms. The van der Waals surface area contributed by atoms with Gasteiger partial charge in [-0.1, -0.05) is 6.07 Å². The van der Waals surface area contributed by atoms with Crippen LogP contribution in [0.15, 0.2) is 18.2 Å². The third kappa shape index (κ3) is 3.47. The first-order valence-electron chi connectivity index (χ1n) is 4.81. The molecule has 1 aromatic rings. The molecule has 1 saturated heterocycles. The lowest BCUT2D eigenvalue weighted by molar-refractivity contribution is -0.134. The summed E-state index contributed by atoms with van der Waals surface area (Å²) in [7, 11) is 0. The number of aliphatic hydroxyl groups excluding tert-OH is 1. The van der Waals surface area contributed by atoms with Gasteiger partial charge in [-0.15, -0.1) is 0 Å². The molecule has 0 spiro atoms. The van der Waals surface area contributed by atoms with Crippen LogP contribution < -0.4 is 0 Å². The highest BCUT2D eigenvalue weighted by atomic mass is 19.1. The fraction of sp³-hybridized carbons (Fsp3) is 0.364. The molecule has 1 fully saturated rings. The van der Waals surface area contributed by atoms with Gasteiger partial charge in [-0.3, -0.25) is 4.79 Å². The van der Waals surface area contributed by atoms with E-state index in [0.29, 0.717) is 0 Å². The molecule has 1 atom stereocenters. The fourth-order valence-electron chi connectivity index (χ4n) is 1.28. The van der Waals surface area contributed by atoms with Gasteiger partial charge < -0.3 is 14.9 Å². The van der Waals surface area contributed by atoms with Gasteiger partial charge in [0.2, 0.25) is 0 Å². The highest BCUT2D eigenvalue weighted by Gasteiger charge is 2.47. The summed E-state index contributed by atoms with van der Waals surface area (Å²) >= 11 is 0. The maximum absolute atomic E-state index is 13.1. The quantitative estimate of drug-likeness (QED) is 0.771. The molecule has 94 valence electrons. The Labute approximate surface area is 96.5 Å². The van der Waals surface area contributed by atoms with Gasteiger partial charge in [-0.25, -0.2) is 8.78 Å². The normalized spacial score (nSPS) is 21.4. The summed E-state index contributed by atoms with van der Waals surface area (Å²) in [4.78, 5) is 9.00. The van der Waals surface area contributed by atoms with E-state index in [1.54, 1.807) is 0 Å². The minimum Gasteiger partial charge on any atom is -0.481 e. The number of aliphatic hydroxyl groups is 1. The largest absolute Gasteiger partial charge is 0.481 e. The van der Waals surface area contributed by atoms with Gasteiger partial charge in [0.05, 0.1) is 13.2 Å². The summed E-state index contributed by atoms with van der Waals surface area (Å²) < 4.78 is 30.6. The van der Waals surface area contributed by atoms with Gasteiger partial charge in [-0.05, 0) is 6.07 Å². The minimum absolute atomic E-state index is 0.219. The number of benzene rings is 1. The number of hydrogen-bond donors (Lipinski definition) is 2. The van der Waals surface area contributed by atoms with Crippen LogP contribution in [0.25, 0.3) is 0 Å². The van der Waals surface area contributed by atoms with Crippen molar-refractivity contribution in [2.45, 2.75) is 12.5 Å². The lowest BCUT2D eigenvalue weighted by Crippen LogP contribution is -2.16. The lowest BCUT2D eigenvalue weighted by atomic mass is 10.0. The second kappa shape index (κ2) is 5.20. The Bertz CT molecular complexity index is 412. The van der Waals surface area contributed by atoms with E-state index in [1.165, 1.54) is 6.07 Å². The monoisotopic (exact) mass is 246 g/mol. The zero-order valence-corrected chi connectivity index (χ0v) is 9.11. The van der Waals surface area contributed by atoms with E-state index in [0.717, 1.165) is 19.1 Å². The van der Waals surface area contributed by atoms with Crippen LogP contribution in [-0.4, -0.2) is 29.4 Å². The van der Waals surface area contributed by atoms with Crippen LogP contribution in [0.4, 0.5) is 8.78 Å². The average molecular weight is 246 g/mol. The van der Waals surface area contributed by atoms with Gasteiger partial charge >= 0.3 is 0 Å². The maximum Gasteiger partial charge on any atom is 0.300 e. The molecule has 1 unspecified atom stereocenters. The molecule has 1 aliphatic heterocycles. The van der Waals surface area contributed by atoms with Crippen LogP contribution in [-0.2, 0) is 15.1 Å². The molecule has 2 rings (SSSR count). The number of hydrogen-bond acceptors (Lipinski definition) is 3. The Balaban J connectivity index is 0.000000317. The van der Waals surface area contributed by atoms with Crippen molar-refractivity contribution in [3.63, 3.8) is 0 Å². The van der Waals surface area contributed by atoms with Gasteiger partial charge in [0, 0.05) is 18.6 Å². The molecule has 1 aliphatic rings. The summed E-state index contributed by atoms with van der Waals surface area (Å²) in [6, 6.07) is 3.24. The summed E-state index contributed by atoms with van der Waals surface area (Å²) in [5.74, 6) is -2.14. The third-order valence-corrected chi connectivity index (χ3v) is 2.17. The van der Waals surface area contributed by atoms with Crippen molar-refractivity contribution in [1.29, 1.82) is 0 Å². The molecule has 4 nitrogen and oxygen atoms in total. The molecule has 0 aliphatic carbocycles. The van der Waals surface area contributed by atoms with Crippen molar-refractivity contribution in [3.05, 3.63) is 35.4 Å². The van der Waals surface area contributed by atoms with Crippen molar-refractivity contribution in [2.24, 2.45) is 0 Å². The first-order chi connectivity index (χ1) is 7.91. The summed E-state index contributed by atoms with van der Waals surface area (Å²) in [6.45, 7) is 1.08. The SMILES string of the molecule is CC(=O)O.OCC1(c2ccc(F)cc2F)CO1. The van der Waals surface area contributed by atoms with Crippen LogP contribution in [0.2, 0.25) is 0 Å². The summed E-state index contributed by atoms with van der Waals surface area (Å²) in [5.41, 5.74) is -0.700. The Kier molecular flexibility index (Phi) is 4.14. The smallest absolute Gasteiger partial charge is 0.300 e. The number of epoxide rings is 1. The van der Waals surface area contributed by atoms with E-state index in [4.69, 9.17) is 19.7 Å². The van der Waals surface area contributed by atoms with Crippen LogP contribution in [0, 0.1) is 11.6 Å². The van der Waals surface area contributed by atoms with Crippen LogP contribution >= 0.6 is 0 Å². The fourth-order valence-corrected chi connectivity index (χ4v) is 1.28. The molecule has 0 amide bonds. The zero-order valence-electron chi connectivity index (χ0n) is 9.11. The lowest BCUT2D eigenvalue weighted by Gasteiger charge is -2.09. The number of carboxylic acid groups (broad SMARTS) is 1. The number of carboxylic acids is 1. The minimum atomic E-state index is -0.919. The van der Waals surface area contributed by atoms with Gasteiger partial charge in [0.25, 0.3) is 5.97 Å². The van der Waals surface area contributed by atoms with Crippen molar-refractivity contribution in [2.75, 3.05) is 13.2 Å². The average Bonchev–Trinajstić information content (AvgIpc) is 2.97. The number of aliphatic carboxylic acids is 1. The maximum atomic E-state index is 13.1. The first-order valence-corrected chi connectivity index (χ1v) is 4.81. The molecule has 0 radical (unpaired) electrons. The van der Waals surface area contributed by atoms with E-state index in [1.807, 2.05) is 0 Å². The van der Waals surface area contributed by atoms with Crippen LogP contribution in [0.5, 0.6) is 0 Å². The first kappa shape index (κ1) is 13.5. The Morgan fingerprint density at radius 2 is 2.06 bits per heavy atom. The Hall–Kier alpha value is -1.53. The highest BCUT2D eigenvalue weighted by Crippen LogP contribution is 2.39. The summed E-state index contributed by atoms with van der Waals surface area (Å²) in [6.07, 6.45) is 0. The molecular weight excluding hydrogens is 234 g/mol. The highest BCUT2D eigenvalue weighted by molar-refractivity contribution is 5.62. The van der Waals surface area contributed by atoms with Gasteiger partial charge in [-0.2, -0.15) is 0 Å². The Morgan fingerprint density at radius 3 is 2.41 bits per heavy atom.